The summed E-state index contributed by atoms with van der Waals surface area (Å²) in [4.78, 5) is 81.6. The third-order valence-corrected chi connectivity index (χ3v) is 12.5. The molecule has 2 fully saturated rings. The van der Waals surface area contributed by atoms with Crippen LogP contribution in [-0.2, 0) is 51.7 Å². The summed E-state index contributed by atoms with van der Waals surface area (Å²) in [6.45, 7) is 12.7. The Kier molecular flexibility index (Phi) is 14.2. The summed E-state index contributed by atoms with van der Waals surface area (Å²) in [5.41, 5.74) is -2.27. The number of amides is 4. The molecule has 1 saturated carbocycles. The second kappa shape index (κ2) is 18.8. The Morgan fingerprint density at radius 1 is 1.10 bits per heavy atom. The van der Waals surface area contributed by atoms with Crippen molar-refractivity contribution in [1.29, 1.82) is 0 Å². The van der Waals surface area contributed by atoms with Gasteiger partial charge in [-0.2, -0.15) is 4.31 Å². The number of sulfonamides is 1. The fraction of sp³-hybridized carbons (Fsp3) is 0.488. The van der Waals surface area contributed by atoms with Crippen LogP contribution in [0.4, 0.5) is 19.7 Å². The Bertz CT molecular complexity index is 2180. The Labute approximate surface area is 353 Å². The van der Waals surface area contributed by atoms with Gasteiger partial charge in [0.1, 0.15) is 35.1 Å². The van der Waals surface area contributed by atoms with Gasteiger partial charge in [0.25, 0.3) is 5.69 Å². The molecule has 61 heavy (non-hydrogen) atoms. The summed E-state index contributed by atoms with van der Waals surface area (Å²) in [6, 6.07) is 6.28. The number of carbonyl (C=O) groups is 5. The molecule has 1 saturated heterocycles. The fourth-order valence-corrected chi connectivity index (χ4v) is 9.03. The number of ether oxygens (including phenoxy) is 3. The third-order valence-electron chi connectivity index (χ3n) is 10.5. The van der Waals surface area contributed by atoms with E-state index in [-0.39, 0.29) is 52.0 Å². The van der Waals surface area contributed by atoms with E-state index in [4.69, 9.17) is 14.2 Å². The van der Waals surface area contributed by atoms with Crippen LogP contribution < -0.4 is 10.6 Å². The second-order valence-electron chi connectivity index (χ2n) is 15.9. The van der Waals surface area contributed by atoms with Crippen molar-refractivity contribution in [3.05, 3.63) is 94.8 Å². The molecule has 2 N–H and O–H groups in total. The van der Waals surface area contributed by atoms with Crippen LogP contribution in [0.1, 0.15) is 64.5 Å². The van der Waals surface area contributed by atoms with Gasteiger partial charge in [-0.1, -0.05) is 36.4 Å². The van der Waals surface area contributed by atoms with Gasteiger partial charge in [-0.05, 0) is 64.7 Å². The molecular formula is C41H51FN6O12S. The first-order valence-electron chi connectivity index (χ1n) is 19.7. The van der Waals surface area contributed by atoms with Crippen molar-refractivity contribution in [3.8, 4) is 0 Å². The first-order chi connectivity index (χ1) is 28.8. The number of carbonyl (C=O) groups excluding carboxylic acids is 5. The molecule has 2 aliphatic heterocycles. The maximum atomic E-state index is 14.8. The Hall–Kier alpha value is -5.89. The highest BCUT2D eigenvalue weighted by atomic mass is 32.2. The number of likely N-dealkylation sites (tertiary alicyclic amines) is 1. The standard InChI is InChI=1S/C41H51FN6O12S/c1-7-10-19-46(61(56,57)34-17-12-11-16-32(34)48(54)55)20-18-31(43-38(52)60-40(4,5)6)36(50)47-24-28(59-39(53)45-23-26-14-13-15-30(42)29(26)25-45)21-33(47)35(49)44-41(22-27(41)8-2)37(51)58-9-3/h7-8,11-17,27-28,31,33H,1-2,9-10,18-25H2,3-6H3,(H,43,52)(H,44,49)/t27?,28-,31+,33+,41?/m1/s1. The Morgan fingerprint density at radius 3 is 2.44 bits per heavy atom. The highest BCUT2D eigenvalue weighted by molar-refractivity contribution is 7.89. The molecule has 5 rings (SSSR count). The summed E-state index contributed by atoms with van der Waals surface area (Å²) >= 11 is 0. The van der Waals surface area contributed by atoms with Crippen LogP contribution in [0.5, 0.6) is 0 Å². The number of alkyl carbamates (subject to hydrolysis) is 1. The first kappa shape index (κ1) is 46.2. The number of benzene rings is 2. The van der Waals surface area contributed by atoms with Crippen molar-refractivity contribution in [2.75, 3.05) is 26.2 Å². The summed E-state index contributed by atoms with van der Waals surface area (Å²) in [7, 11) is -4.58. The molecule has 2 aromatic carbocycles. The van der Waals surface area contributed by atoms with E-state index < -0.39 is 110 Å². The van der Waals surface area contributed by atoms with Crippen LogP contribution in [0.15, 0.2) is 72.7 Å². The molecule has 18 nitrogen and oxygen atoms in total. The fourth-order valence-electron chi connectivity index (χ4n) is 7.40. The summed E-state index contributed by atoms with van der Waals surface area (Å²) < 4.78 is 60.0. The minimum atomic E-state index is -4.58. The predicted molar refractivity (Wildman–Crippen MR) is 216 cm³/mol. The SMILES string of the molecule is C=CCCN(CC[C@H](NC(=O)OC(C)(C)C)C(=O)N1C[C@H](OC(=O)N2Cc3cccc(F)c3C2)C[C@H]1C(=O)NC1(C(=O)OCC)CC1C=C)S(=O)(=O)c1ccccc1[N+](=O)[O-]. The van der Waals surface area contributed by atoms with E-state index in [9.17, 15) is 46.9 Å². The summed E-state index contributed by atoms with van der Waals surface area (Å²) in [6.07, 6.45) is -0.470. The molecule has 0 spiro atoms. The van der Waals surface area contributed by atoms with Crippen LogP contribution in [0.3, 0.4) is 0 Å². The van der Waals surface area contributed by atoms with E-state index >= 15 is 0 Å². The van der Waals surface area contributed by atoms with E-state index in [0.717, 1.165) is 21.3 Å². The highest BCUT2D eigenvalue weighted by Gasteiger charge is 2.62. The number of nitrogens with one attached hydrogen (secondary N) is 2. The van der Waals surface area contributed by atoms with Crippen LogP contribution in [0.2, 0.25) is 0 Å². The lowest BCUT2D eigenvalue weighted by atomic mass is 10.1. The average Bonchev–Trinajstić information content (AvgIpc) is 3.48. The molecule has 2 heterocycles. The van der Waals surface area contributed by atoms with Crippen LogP contribution >= 0.6 is 0 Å². The van der Waals surface area contributed by atoms with E-state index in [0.29, 0.717) is 11.1 Å². The normalized spacial score (nSPS) is 21.2. The van der Waals surface area contributed by atoms with Gasteiger partial charge in [0, 0.05) is 43.6 Å². The molecule has 330 valence electrons. The zero-order chi connectivity index (χ0) is 44.9. The molecule has 0 radical (unpaired) electrons. The van der Waals surface area contributed by atoms with Crippen molar-refractivity contribution in [1.82, 2.24) is 24.7 Å². The lowest BCUT2D eigenvalue weighted by Gasteiger charge is -2.31. The van der Waals surface area contributed by atoms with Gasteiger partial charge in [-0.3, -0.25) is 24.6 Å². The van der Waals surface area contributed by atoms with Gasteiger partial charge in [-0.25, -0.2) is 27.2 Å². The number of para-hydroxylation sites is 1. The monoisotopic (exact) mass is 870 g/mol. The minimum absolute atomic E-state index is 0.0197. The molecule has 5 atom stereocenters. The topological polar surface area (TPSA) is 224 Å². The molecule has 1 aliphatic carbocycles. The summed E-state index contributed by atoms with van der Waals surface area (Å²) in [5, 5.41) is 17.1. The summed E-state index contributed by atoms with van der Waals surface area (Å²) in [5.74, 6) is -3.39. The largest absolute Gasteiger partial charge is 0.464 e. The lowest BCUT2D eigenvalue weighted by Crippen LogP contribution is -2.57. The van der Waals surface area contributed by atoms with Crippen molar-refractivity contribution < 1.29 is 55.9 Å². The number of halogens is 1. The Balaban J connectivity index is 1.46. The Morgan fingerprint density at radius 2 is 1.82 bits per heavy atom. The molecular weight excluding hydrogens is 820 g/mol. The number of hydrogen-bond acceptors (Lipinski definition) is 12. The molecule has 0 aromatic heterocycles. The minimum Gasteiger partial charge on any atom is -0.464 e. The first-order valence-corrected chi connectivity index (χ1v) is 21.2. The third kappa shape index (κ3) is 10.5. The molecule has 2 unspecified atom stereocenters. The number of nitro benzene ring substituents is 1. The maximum Gasteiger partial charge on any atom is 0.410 e. The van der Waals surface area contributed by atoms with E-state index in [1.807, 2.05) is 0 Å². The van der Waals surface area contributed by atoms with Gasteiger partial charge in [0.05, 0.1) is 24.6 Å². The van der Waals surface area contributed by atoms with E-state index in [1.54, 1.807) is 33.8 Å². The second-order valence-corrected chi connectivity index (χ2v) is 17.8. The average molecular weight is 871 g/mol. The number of hydrogen-bond donors (Lipinski definition) is 2. The quantitative estimate of drug-likeness (QED) is 0.0746. The lowest BCUT2D eigenvalue weighted by molar-refractivity contribution is -0.387. The number of nitrogens with zero attached hydrogens (tertiary/aromatic N) is 4. The maximum absolute atomic E-state index is 14.8. The van der Waals surface area contributed by atoms with Crippen LogP contribution in [0, 0.1) is 21.8 Å². The zero-order valence-electron chi connectivity index (χ0n) is 34.5. The van der Waals surface area contributed by atoms with Crippen molar-refractivity contribution in [2.45, 2.75) is 101 Å². The molecule has 2 aromatic rings. The number of rotatable bonds is 17. The number of fused-ring (bicyclic) bond motifs is 1. The van der Waals surface area contributed by atoms with Gasteiger partial charge in [0.2, 0.25) is 21.8 Å². The van der Waals surface area contributed by atoms with Crippen molar-refractivity contribution >= 4 is 45.7 Å². The van der Waals surface area contributed by atoms with Crippen LogP contribution in [-0.4, -0.2) is 113 Å². The predicted octanol–water partition coefficient (Wildman–Crippen LogP) is 4.33. The highest BCUT2D eigenvalue weighted by Crippen LogP contribution is 2.46. The van der Waals surface area contributed by atoms with Crippen molar-refractivity contribution in [3.63, 3.8) is 0 Å². The molecule has 4 amide bonds. The van der Waals surface area contributed by atoms with Crippen molar-refractivity contribution in [2.24, 2.45) is 5.92 Å². The van der Waals surface area contributed by atoms with Gasteiger partial charge < -0.3 is 29.7 Å². The van der Waals surface area contributed by atoms with Gasteiger partial charge in [0.15, 0.2) is 4.90 Å². The van der Waals surface area contributed by atoms with Crippen LogP contribution in [0.25, 0.3) is 0 Å². The number of esters is 1. The van der Waals surface area contributed by atoms with Gasteiger partial charge >= 0.3 is 18.2 Å². The van der Waals surface area contributed by atoms with E-state index in [1.165, 1.54) is 41.3 Å². The number of nitro groups is 1. The van der Waals surface area contributed by atoms with E-state index in [2.05, 4.69) is 23.8 Å². The van der Waals surface area contributed by atoms with Gasteiger partial charge in [-0.15, -0.1) is 13.2 Å². The zero-order valence-corrected chi connectivity index (χ0v) is 35.3. The molecule has 20 heteroatoms. The molecule has 3 aliphatic rings. The smallest absolute Gasteiger partial charge is 0.410 e. The molecule has 0 bridgehead atoms.